The zero-order valence-corrected chi connectivity index (χ0v) is 14.9. The number of nitrogens with one attached hydrogen (secondary N) is 1. The predicted molar refractivity (Wildman–Crippen MR) is 90.8 cm³/mol. The van der Waals surface area contributed by atoms with Crippen LogP contribution in [0.4, 0.5) is 0 Å². The van der Waals surface area contributed by atoms with Crippen molar-refractivity contribution in [2.45, 2.75) is 24.9 Å². The summed E-state index contributed by atoms with van der Waals surface area (Å²) in [6.07, 6.45) is 5.18. The number of hydrogen-bond donors (Lipinski definition) is 1. The number of likely N-dealkylation sites (N-methyl/N-ethyl adjacent to an activating group) is 1. The van der Waals surface area contributed by atoms with Crippen LogP contribution in [0, 0.1) is 0 Å². The third-order valence-electron chi connectivity index (χ3n) is 4.14. The third kappa shape index (κ3) is 2.98. The van der Waals surface area contributed by atoms with E-state index in [9.17, 15) is 4.79 Å². The minimum Gasteiger partial charge on any atom is -0.339 e. The number of aromatic nitrogens is 2. The molecular weight excluding hydrogens is 364 g/mol. The number of thiophene rings is 1. The Hall–Kier alpha value is -1.18. The first-order valence-electron chi connectivity index (χ1n) is 7.32. The molecular formula is C15H19BrN4OS. The fourth-order valence-electron chi connectivity index (χ4n) is 3.00. The van der Waals surface area contributed by atoms with Crippen molar-refractivity contribution >= 4 is 33.2 Å². The van der Waals surface area contributed by atoms with Gasteiger partial charge in [0.1, 0.15) is 5.54 Å². The fraction of sp³-hybridized carbons (Fsp3) is 0.467. The number of nitrogens with zero attached hydrogens (tertiary/aromatic N) is 3. The smallest absolute Gasteiger partial charge is 0.250 e. The van der Waals surface area contributed by atoms with Gasteiger partial charge in [-0.1, -0.05) is 0 Å². The van der Waals surface area contributed by atoms with Gasteiger partial charge in [-0.2, -0.15) is 5.10 Å². The average molecular weight is 383 g/mol. The molecule has 7 heteroatoms. The first-order chi connectivity index (χ1) is 10.6. The molecule has 1 N–H and O–H groups in total. The number of rotatable bonds is 4. The third-order valence-corrected chi connectivity index (χ3v) is 5.75. The van der Waals surface area contributed by atoms with Crippen LogP contribution in [0.1, 0.15) is 17.7 Å². The normalized spacial score (nSPS) is 17.4. The Kier molecular flexibility index (Phi) is 4.65. The highest BCUT2D eigenvalue weighted by Crippen LogP contribution is 2.30. The molecule has 3 heterocycles. The summed E-state index contributed by atoms with van der Waals surface area (Å²) in [5.41, 5.74) is -0.558. The molecule has 0 aromatic carbocycles. The van der Waals surface area contributed by atoms with Gasteiger partial charge in [0.05, 0.1) is 10.3 Å². The van der Waals surface area contributed by atoms with Crippen LogP contribution < -0.4 is 5.32 Å². The molecule has 1 aliphatic rings. The Balaban J connectivity index is 1.83. The van der Waals surface area contributed by atoms with E-state index in [1.165, 1.54) is 4.88 Å². The fourth-order valence-corrected chi connectivity index (χ4v) is 4.54. The van der Waals surface area contributed by atoms with Gasteiger partial charge in [-0.05, 0) is 60.1 Å². The molecule has 2 aromatic heterocycles. The topological polar surface area (TPSA) is 50.2 Å². The minimum atomic E-state index is -0.558. The highest BCUT2D eigenvalue weighted by Gasteiger charge is 2.43. The Morgan fingerprint density at radius 3 is 2.86 bits per heavy atom. The van der Waals surface area contributed by atoms with Crippen LogP contribution in [0.25, 0.3) is 0 Å². The van der Waals surface area contributed by atoms with Crippen molar-refractivity contribution in [1.82, 2.24) is 20.0 Å². The van der Waals surface area contributed by atoms with E-state index in [1.807, 2.05) is 35.0 Å². The second-order valence-electron chi connectivity index (χ2n) is 5.60. The number of carbonyl (C=O) groups is 1. The van der Waals surface area contributed by atoms with E-state index in [0.29, 0.717) is 6.54 Å². The average Bonchev–Trinajstić information content (AvgIpc) is 3.19. The standard InChI is InChI=1S/C15H19BrN4OS/c1-19(11-12-3-4-13(16)22-12)14(21)15(5-8-17-9-6-15)20-10-2-7-18-20/h2-4,7,10,17H,5-6,8-9,11H2,1H3. The zero-order valence-electron chi connectivity index (χ0n) is 12.5. The maximum absolute atomic E-state index is 13.2. The SMILES string of the molecule is CN(Cc1ccc(Br)s1)C(=O)C1(n2cccn2)CCNCC1. The Morgan fingerprint density at radius 2 is 2.27 bits per heavy atom. The summed E-state index contributed by atoms with van der Waals surface area (Å²) in [5.74, 6) is 0.141. The van der Waals surface area contributed by atoms with Crippen LogP contribution in [0.5, 0.6) is 0 Å². The van der Waals surface area contributed by atoms with Gasteiger partial charge < -0.3 is 10.2 Å². The van der Waals surface area contributed by atoms with Crippen LogP contribution in [0.15, 0.2) is 34.4 Å². The van der Waals surface area contributed by atoms with E-state index in [0.717, 1.165) is 29.7 Å². The van der Waals surface area contributed by atoms with E-state index in [1.54, 1.807) is 17.5 Å². The molecule has 0 saturated carbocycles. The Labute approximate surface area is 142 Å². The van der Waals surface area contributed by atoms with E-state index in [-0.39, 0.29) is 5.91 Å². The molecule has 1 aliphatic heterocycles. The summed E-state index contributed by atoms with van der Waals surface area (Å²) in [7, 11) is 1.88. The van der Waals surface area contributed by atoms with Gasteiger partial charge in [-0.3, -0.25) is 9.48 Å². The Bertz CT molecular complexity index is 634. The number of hydrogen-bond acceptors (Lipinski definition) is 4. The summed E-state index contributed by atoms with van der Waals surface area (Å²) in [4.78, 5) is 16.2. The van der Waals surface area contributed by atoms with Gasteiger partial charge in [-0.25, -0.2) is 0 Å². The van der Waals surface area contributed by atoms with Crippen LogP contribution in [0.3, 0.4) is 0 Å². The number of piperidine rings is 1. The summed E-state index contributed by atoms with van der Waals surface area (Å²) in [5, 5.41) is 7.70. The van der Waals surface area contributed by atoms with Crippen molar-refractivity contribution in [3.05, 3.63) is 39.3 Å². The molecule has 118 valence electrons. The van der Waals surface area contributed by atoms with Crippen molar-refractivity contribution in [2.75, 3.05) is 20.1 Å². The van der Waals surface area contributed by atoms with Crippen molar-refractivity contribution in [1.29, 1.82) is 0 Å². The van der Waals surface area contributed by atoms with E-state index < -0.39 is 5.54 Å². The van der Waals surface area contributed by atoms with Gasteiger partial charge in [0.2, 0.25) is 0 Å². The quantitative estimate of drug-likeness (QED) is 0.883. The number of amides is 1. The van der Waals surface area contributed by atoms with Gasteiger partial charge >= 0.3 is 0 Å². The highest BCUT2D eigenvalue weighted by molar-refractivity contribution is 9.11. The Morgan fingerprint density at radius 1 is 1.50 bits per heavy atom. The maximum atomic E-state index is 13.2. The molecule has 0 aliphatic carbocycles. The molecule has 3 rings (SSSR count). The summed E-state index contributed by atoms with van der Waals surface area (Å²) < 4.78 is 2.93. The van der Waals surface area contributed by atoms with Crippen molar-refractivity contribution in [2.24, 2.45) is 0 Å². The molecule has 0 bridgehead atoms. The summed E-state index contributed by atoms with van der Waals surface area (Å²) in [6, 6.07) is 5.96. The largest absolute Gasteiger partial charge is 0.339 e. The second-order valence-corrected chi connectivity index (χ2v) is 8.15. The molecule has 0 spiro atoms. The van der Waals surface area contributed by atoms with Crippen molar-refractivity contribution in [3.8, 4) is 0 Å². The molecule has 1 fully saturated rings. The first kappa shape index (κ1) is 15.7. The van der Waals surface area contributed by atoms with Gasteiger partial charge in [0.25, 0.3) is 5.91 Å². The van der Waals surface area contributed by atoms with E-state index in [4.69, 9.17) is 0 Å². The van der Waals surface area contributed by atoms with Crippen molar-refractivity contribution < 1.29 is 4.79 Å². The summed E-state index contributed by atoms with van der Waals surface area (Å²) >= 11 is 5.13. The molecule has 1 amide bonds. The zero-order chi connectivity index (χ0) is 15.6. The monoisotopic (exact) mass is 382 g/mol. The van der Waals surface area contributed by atoms with Crippen LogP contribution >= 0.6 is 27.3 Å². The predicted octanol–water partition coefficient (Wildman–Crippen LogP) is 2.44. The van der Waals surface area contributed by atoms with E-state index in [2.05, 4.69) is 32.4 Å². The molecule has 5 nitrogen and oxygen atoms in total. The lowest BCUT2D eigenvalue weighted by Crippen LogP contribution is -2.54. The molecule has 1 saturated heterocycles. The lowest BCUT2D eigenvalue weighted by atomic mass is 9.87. The summed E-state index contributed by atoms with van der Waals surface area (Å²) in [6.45, 7) is 2.31. The molecule has 22 heavy (non-hydrogen) atoms. The van der Waals surface area contributed by atoms with Gasteiger partial charge in [0, 0.05) is 24.3 Å². The second kappa shape index (κ2) is 6.52. The number of carbonyl (C=O) groups excluding carboxylic acids is 1. The van der Waals surface area contributed by atoms with Crippen LogP contribution in [-0.4, -0.2) is 40.7 Å². The number of halogens is 1. The molecule has 0 atom stereocenters. The van der Waals surface area contributed by atoms with Gasteiger partial charge in [0.15, 0.2) is 0 Å². The maximum Gasteiger partial charge on any atom is 0.250 e. The minimum absolute atomic E-state index is 0.141. The molecule has 0 radical (unpaired) electrons. The molecule has 2 aromatic rings. The lowest BCUT2D eigenvalue weighted by Gasteiger charge is -2.39. The van der Waals surface area contributed by atoms with E-state index >= 15 is 0 Å². The highest BCUT2D eigenvalue weighted by atomic mass is 79.9. The van der Waals surface area contributed by atoms with Crippen molar-refractivity contribution in [3.63, 3.8) is 0 Å². The molecule has 0 unspecified atom stereocenters. The first-order valence-corrected chi connectivity index (χ1v) is 8.93. The van der Waals surface area contributed by atoms with Crippen LogP contribution in [-0.2, 0) is 16.9 Å². The van der Waals surface area contributed by atoms with Crippen LogP contribution in [0.2, 0.25) is 0 Å². The lowest BCUT2D eigenvalue weighted by molar-refractivity contribution is -0.142. The van der Waals surface area contributed by atoms with Gasteiger partial charge in [-0.15, -0.1) is 11.3 Å².